The Hall–Kier alpha value is -3.42. The van der Waals surface area contributed by atoms with Crippen LogP contribution < -0.4 is 10.7 Å². The number of carbonyl (C=O) groups is 1. The summed E-state index contributed by atoms with van der Waals surface area (Å²) in [5.41, 5.74) is 5.04. The van der Waals surface area contributed by atoms with E-state index in [1.807, 2.05) is 24.3 Å². The van der Waals surface area contributed by atoms with Crippen molar-refractivity contribution in [3.8, 4) is 0 Å². The maximum atomic E-state index is 12.3. The van der Waals surface area contributed by atoms with Gasteiger partial charge in [-0.15, -0.1) is 0 Å². The van der Waals surface area contributed by atoms with Crippen molar-refractivity contribution in [1.29, 1.82) is 0 Å². The molecule has 9 heteroatoms. The van der Waals surface area contributed by atoms with Crippen molar-refractivity contribution in [2.45, 2.75) is 6.42 Å². The summed E-state index contributed by atoms with van der Waals surface area (Å²) in [4.78, 5) is 22.5. The molecule has 3 rings (SSSR count). The molecule has 0 saturated carbocycles. The molecule has 0 atom stereocenters. The summed E-state index contributed by atoms with van der Waals surface area (Å²) in [5.74, 6) is -0.326. The predicted octanol–water partition coefficient (Wildman–Crippen LogP) is 5.34. The number of anilines is 2. The zero-order valence-electron chi connectivity index (χ0n) is 15.5. The molecule has 3 aromatic rings. The Labute approximate surface area is 182 Å². The van der Waals surface area contributed by atoms with Crippen LogP contribution in [-0.2, 0) is 11.2 Å². The lowest BCUT2D eigenvalue weighted by atomic mass is 10.1. The number of nitro benzene ring substituents is 1. The van der Waals surface area contributed by atoms with Crippen LogP contribution in [-0.4, -0.2) is 17.0 Å². The number of amides is 1. The van der Waals surface area contributed by atoms with Gasteiger partial charge in [-0.3, -0.25) is 14.9 Å². The minimum absolute atomic E-state index is 0.0149. The molecule has 0 radical (unpaired) electrons. The lowest BCUT2D eigenvalue weighted by Gasteiger charge is -2.14. The largest absolute Gasteiger partial charge is 0.353 e. The zero-order chi connectivity index (χ0) is 21.5. The van der Waals surface area contributed by atoms with E-state index in [9.17, 15) is 14.9 Å². The number of para-hydroxylation sites is 2. The van der Waals surface area contributed by atoms with Gasteiger partial charge in [0.25, 0.3) is 5.69 Å². The van der Waals surface area contributed by atoms with Gasteiger partial charge in [0.2, 0.25) is 5.91 Å². The first kappa shape index (κ1) is 21.3. The number of nitrogens with one attached hydrogen (secondary N) is 2. The van der Waals surface area contributed by atoms with Crippen LogP contribution in [0, 0.1) is 10.1 Å². The Kier molecular flexibility index (Phi) is 7.00. The third-order valence-electron chi connectivity index (χ3n) is 4.10. The van der Waals surface area contributed by atoms with Crippen LogP contribution in [0.2, 0.25) is 10.0 Å². The number of non-ortho nitro benzene ring substituents is 1. The summed E-state index contributed by atoms with van der Waals surface area (Å²) >= 11 is 12.4. The number of nitrogens with zero attached hydrogens (tertiary/aromatic N) is 2. The Morgan fingerprint density at radius 2 is 1.67 bits per heavy atom. The fourth-order valence-electron chi connectivity index (χ4n) is 2.62. The van der Waals surface area contributed by atoms with Gasteiger partial charge in [-0.2, -0.15) is 5.10 Å². The van der Waals surface area contributed by atoms with E-state index in [0.717, 1.165) is 5.56 Å². The molecule has 152 valence electrons. The van der Waals surface area contributed by atoms with E-state index < -0.39 is 4.92 Å². The van der Waals surface area contributed by atoms with Crippen molar-refractivity contribution >= 4 is 52.4 Å². The topological polar surface area (TPSA) is 96.6 Å². The van der Waals surface area contributed by atoms with Crippen molar-refractivity contribution in [2.24, 2.45) is 5.10 Å². The van der Waals surface area contributed by atoms with Crippen LogP contribution in [0.4, 0.5) is 17.1 Å². The molecular weight excluding hydrogens is 427 g/mol. The Bertz CT molecular complexity index is 1080. The number of benzene rings is 3. The van der Waals surface area contributed by atoms with Gasteiger partial charge in [0, 0.05) is 17.8 Å². The third-order valence-corrected chi connectivity index (χ3v) is 4.73. The minimum atomic E-state index is -0.482. The minimum Gasteiger partial charge on any atom is -0.353 e. The summed E-state index contributed by atoms with van der Waals surface area (Å²) in [6.07, 6.45) is 1.48. The van der Waals surface area contributed by atoms with Crippen molar-refractivity contribution in [3.05, 3.63) is 98.0 Å². The average Bonchev–Trinajstić information content (AvgIpc) is 2.72. The molecule has 0 aliphatic rings. The van der Waals surface area contributed by atoms with Gasteiger partial charge in [0.05, 0.1) is 33.3 Å². The summed E-state index contributed by atoms with van der Waals surface area (Å²) < 4.78 is 0. The maximum absolute atomic E-state index is 12.3. The van der Waals surface area contributed by atoms with Gasteiger partial charge in [0.15, 0.2) is 0 Å². The van der Waals surface area contributed by atoms with E-state index in [0.29, 0.717) is 27.0 Å². The van der Waals surface area contributed by atoms with E-state index in [1.54, 1.807) is 30.3 Å². The number of hydrazone groups is 1. The second-order valence-electron chi connectivity index (χ2n) is 6.20. The van der Waals surface area contributed by atoms with E-state index in [2.05, 4.69) is 15.8 Å². The molecule has 0 unspecified atom stereocenters. The van der Waals surface area contributed by atoms with Gasteiger partial charge >= 0.3 is 0 Å². The molecule has 2 N–H and O–H groups in total. The quantitative estimate of drug-likeness (QED) is 0.293. The SMILES string of the molecule is O=C(Cc1ccccc1Nc1c(Cl)cccc1Cl)N/N=C/c1ccc([N+](=O)[O-])cc1. The molecular formula is C21H16Cl2N4O3. The van der Waals surface area contributed by atoms with Gasteiger partial charge in [-0.25, -0.2) is 5.43 Å². The van der Waals surface area contributed by atoms with Crippen LogP contribution in [0.15, 0.2) is 71.8 Å². The highest BCUT2D eigenvalue weighted by atomic mass is 35.5. The van der Waals surface area contributed by atoms with E-state index in [1.165, 1.54) is 18.3 Å². The van der Waals surface area contributed by atoms with Gasteiger partial charge in [-0.05, 0) is 41.5 Å². The molecule has 0 heterocycles. The van der Waals surface area contributed by atoms with Crippen molar-refractivity contribution < 1.29 is 9.72 Å². The van der Waals surface area contributed by atoms with Crippen LogP contribution in [0.3, 0.4) is 0 Å². The Balaban J connectivity index is 1.65. The second-order valence-corrected chi connectivity index (χ2v) is 7.01. The molecule has 0 aromatic heterocycles. The van der Waals surface area contributed by atoms with E-state index in [-0.39, 0.29) is 18.0 Å². The lowest BCUT2D eigenvalue weighted by Crippen LogP contribution is -2.20. The standard InChI is InChI=1S/C21H16Cl2N4O3/c22-17-5-3-6-18(23)21(17)25-19-7-2-1-4-15(19)12-20(28)26-24-13-14-8-10-16(11-9-14)27(29)30/h1-11,13,25H,12H2,(H,26,28)/b24-13+. The normalized spacial score (nSPS) is 10.7. The van der Waals surface area contributed by atoms with Crippen LogP contribution in [0.25, 0.3) is 0 Å². The number of carbonyl (C=O) groups excluding carboxylic acids is 1. The molecule has 0 aliphatic carbocycles. The maximum Gasteiger partial charge on any atom is 0.269 e. The number of nitro groups is 1. The molecule has 3 aromatic carbocycles. The van der Waals surface area contributed by atoms with Gasteiger partial charge in [0.1, 0.15) is 0 Å². The number of rotatable bonds is 7. The smallest absolute Gasteiger partial charge is 0.269 e. The summed E-state index contributed by atoms with van der Waals surface area (Å²) in [6, 6.07) is 18.3. The monoisotopic (exact) mass is 442 g/mol. The molecule has 0 aliphatic heterocycles. The fourth-order valence-corrected chi connectivity index (χ4v) is 3.11. The summed E-state index contributed by atoms with van der Waals surface area (Å²) in [5, 5.41) is 18.7. The van der Waals surface area contributed by atoms with E-state index >= 15 is 0 Å². The molecule has 0 fully saturated rings. The summed E-state index contributed by atoms with van der Waals surface area (Å²) in [7, 11) is 0. The van der Waals surface area contributed by atoms with Crippen molar-refractivity contribution in [2.75, 3.05) is 5.32 Å². The highest BCUT2D eigenvalue weighted by Crippen LogP contribution is 2.33. The first-order valence-electron chi connectivity index (χ1n) is 8.79. The van der Waals surface area contributed by atoms with Crippen LogP contribution in [0.5, 0.6) is 0 Å². The Morgan fingerprint density at radius 3 is 2.33 bits per heavy atom. The highest BCUT2D eigenvalue weighted by molar-refractivity contribution is 6.39. The lowest BCUT2D eigenvalue weighted by molar-refractivity contribution is -0.384. The van der Waals surface area contributed by atoms with Gasteiger partial charge in [-0.1, -0.05) is 47.5 Å². The van der Waals surface area contributed by atoms with Gasteiger partial charge < -0.3 is 5.32 Å². The first-order chi connectivity index (χ1) is 14.4. The van der Waals surface area contributed by atoms with Crippen molar-refractivity contribution in [1.82, 2.24) is 5.43 Å². The number of hydrogen-bond acceptors (Lipinski definition) is 5. The first-order valence-corrected chi connectivity index (χ1v) is 9.55. The average molecular weight is 443 g/mol. The van der Waals surface area contributed by atoms with Crippen LogP contribution >= 0.6 is 23.2 Å². The van der Waals surface area contributed by atoms with E-state index in [4.69, 9.17) is 23.2 Å². The molecule has 7 nitrogen and oxygen atoms in total. The Morgan fingerprint density at radius 1 is 1.00 bits per heavy atom. The fraction of sp³-hybridized carbons (Fsp3) is 0.0476. The zero-order valence-corrected chi connectivity index (χ0v) is 17.0. The van der Waals surface area contributed by atoms with Crippen LogP contribution in [0.1, 0.15) is 11.1 Å². The summed E-state index contributed by atoms with van der Waals surface area (Å²) in [6.45, 7) is 0. The van der Waals surface area contributed by atoms with Crippen molar-refractivity contribution in [3.63, 3.8) is 0 Å². The number of hydrogen-bond donors (Lipinski definition) is 2. The predicted molar refractivity (Wildman–Crippen MR) is 119 cm³/mol. The molecule has 0 bridgehead atoms. The number of halogens is 2. The molecule has 0 saturated heterocycles. The third kappa shape index (κ3) is 5.56. The second kappa shape index (κ2) is 9.87. The molecule has 30 heavy (non-hydrogen) atoms. The highest BCUT2D eigenvalue weighted by Gasteiger charge is 2.11. The molecule has 1 amide bonds. The molecule has 0 spiro atoms.